The van der Waals surface area contributed by atoms with Crippen LogP contribution in [-0.2, 0) is 28.5 Å². The van der Waals surface area contributed by atoms with E-state index < -0.39 is 73.1 Å². The van der Waals surface area contributed by atoms with Gasteiger partial charge in [0.25, 0.3) is 0 Å². The lowest BCUT2D eigenvalue weighted by atomic mass is 9.74. The molecular formula is C26H32NO11-. The zero-order valence-corrected chi connectivity index (χ0v) is 20.8. The first-order valence-electron chi connectivity index (χ1n) is 12.2. The van der Waals surface area contributed by atoms with Crippen LogP contribution in [0.2, 0.25) is 0 Å². The van der Waals surface area contributed by atoms with Gasteiger partial charge in [-0.3, -0.25) is 4.79 Å². The van der Waals surface area contributed by atoms with Gasteiger partial charge >= 0.3 is 11.9 Å². The van der Waals surface area contributed by atoms with E-state index >= 15 is 0 Å². The third kappa shape index (κ3) is 4.91. The summed E-state index contributed by atoms with van der Waals surface area (Å²) in [6.45, 7) is 2.92. The molecule has 8 unspecified atom stereocenters. The Morgan fingerprint density at radius 1 is 1.32 bits per heavy atom. The van der Waals surface area contributed by atoms with Crippen molar-refractivity contribution in [3.8, 4) is 0 Å². The van der Waals surface area contributed by atoms with Crippen LogP contribution in [0.15, 0.2) is 36.6 Å². The van der Waals surface area contributed by atoms with Crippen LogP contribution in [0.1, 0.15) is 19.3 Å². The number of aliphatic hydroxyl groups excluding tert-OH is 4. The lowest BCUT2D eigenvalue weighted by Crippen LogP contribution is -2.69. The van der Waals surface area contributed by atoms with Gasteiger partial charge in [0.1, 0.15) is 18.3 Å². The summed E-state index contributed by atoms with van der Waals surface area (Å²) in [7, 11) is 1.20. The molecule has 1 aromatic heterocycles. The average molecular weight is 535 g/mol. The van der Waals surface area contributed by atoms with Crippen LogP contribution >= 0.6 is 0 Å². The second-order valence-electron chi connectivity index (χ2n) is 9.44. The average Bonchev–Trinajstić information content (AvgIpc) is 3.37. The summed E-state index contributed by atoms with van der Waals surface area (Å²) < 4.78 is 22.9. The second kappa shape index (κ2) is 11.4. The van der Waals surface area contributed by atoms with Crippen molar-refractivity contribution >= 4 is 23.8 Å². The molecule has 5 N–H and O–H groups in total. The summed E-state index contributed by atoms with van der Waals surface area (Å²) >= 11 is 0. The number of nitrogens with zero attached hydrogens (tertiary/aromatic N) is 1. The SMILES string of the molecule is C=CC1C(OC2OC(CO)C3(C=c4cc[n-]c4=C(CCO)O3)C(O)C2O)CC=C(C(=O)OC)C1CC(=O)O. The van der Waals surface area contributed by atoms with Gasteiger partial charge in [0.15, 0.2) is 11.9 Å². The highest BCUT2D eigenvalue weighted by molar-refractivity contribution is 5.90. The van der Waals surface area contributed by atoms with Crippen molar-refractivity contribution in [2.45, 2.75) is 55.6 Å². The van der Waals surface area contributed by atoms with Crippen molar-refractivity contribution in [3.05, 3.63) is 47.1 Å². The van der Waals surface area contributed by atoms with E-state index in [9.17, 15) is 35.1 Å². The van der Waals surface area contributed by atoms with Crippen molar-refractivity contribution in [2.24, 2.45) is 11.8 Å². The summed E-state index contributed by atoms with van der Waals surface area (Å²) in [5.41, 5.74) is -1.51. The maximum atomic E-state index is 12.3. The van der Waals surface area contributed by atoms with E-state index in [1.165, 1.54) is 31.5 Å². The Bertz CT molecular complexity index is 1200. The number of carboxylic acids is 1. The zero-order valence-electron chi connectivity index (χ0n) is 20.8. The van der Waals surface area contributed by atoms with Crippen molar-refractivity contribution in [1.29, 1.82) is 0 Å². The molecule has 38 heavy (non-hydrogen) atoms. The van der Waals surface area contributed by atoms with Crippen molar-refractivity contribution < 1.29 is 54.1 Å². The summed E-state index contributed by atoms with van der Waals surface area (Å²) in [5, 5.41) is 52.6. The van der Waals surface area contributed by atoms with Gasteiger partial charge in [-0.2, -0.15) is 6.20 Å². The second-order valence-corrected chi connectivity index (χ2v) is 9.44. The molecule has 0 aromatic carbocycles. The maximum absolute atomic E-state index is 12.3. The number of methoxy groups -OCH3 is 1. The molecule has 0 saturated carbocycles. The lowest BCUT2D eigenvalue weighted by molar-refractivity contribution is -0.328. The fourth-order valence-electron chi connectivity index (χ4n) is 5.50. The largest absolute Gasteiger partial charge is 0.661 e. The van der Waals surface area contributed by atoms with Crippen LogP contribution in [0.5, 0.6) is 0 Å². The van der Waals surface area contributed by atoms with Crippen LogP contribution in [-0.4, -0.2) is 94.1 Å². The normalized spacial score (nSPS) is 34.5. The summed E-state index contributed by atoms with van der Waals surface area (Å²) in [6, 6.07) is 1.68. The van der Waals surface area contributed by atoms with Gasteiger partial charge in [0, 0.05) is 23.8 Å². The molecular weight excluding hydrogens is 502 g/mol. The first-order valence-corrected chi connectivity index (χ1v) is 12.2. The quantitative estimate of drug-likeness (QED) is 0.172. The minimum Gasteiger partial charge on any atom is -0.661 e. The van der Waals surface area contributed by atoms with Gasteiger partial charge in [-0.15, -0.1) is 6.58 Å². The minimum absolute atomic E-state index is 0.0867. The molecule has 12 nitrogen and oxygen atoms in total. The predicted molar refractivity (Wildman–Crippen MR) is 129 cm³/mol. The Morgan fingerprint density at radius 3 is 2.71 bits per heavy atom. The number of carbonyl (C=O) groups excluding carboxylic acids is 1. The molecule has 0 radical (unpaired) electrons. The van der Waals surface area contributed by atoms with E-state index in [0.29, 0.717) is 10.6 Å². The maximum Gasteiger partial charge on any atom is 0.333 e. The Labute approximate surface area is 218 Å². The number of hydrogen-bond acceptors (Lipinski definition) is 10. The number of carboxylic acid groups (broad SMARTS) is 1. The fraction of sp³-hybridized carbons (Fsp3) is 0.538. The Hall–Kier alpha value is -3.00. The van der Waals surface area contributed by atoms with Crippen LogP contribution in [0.3, 0.4) is 0 Å². The lowest BCUT2D eigenvalue weighted by Gasteiger charge is -2.51. The van der Waals surface area contributed by atoms with Crippen molar-refractivity contribution in [2.75, 3.05) is 20.3 Å². The van der Waals surface area contributed by atoms with E-state index in [2.05, 4.69) is 11.6 Å². The number of hydrogen-bond donors (Lipinski definition) is 5. The molecule has 1 fully saturated rings. The topological polar surface area (TPSA) is 186 Å². The summed E-state index contributed by atoms with van der Waals surface area (Å²) in [5.74, 6) is -2.99. The van der Waals surface area contributed by atoms with Gasteiger partial charge < -0.3 is 49.5 Å². The molecule has 0 amide bonds. The number of aliphatic hydroxyl groups is 4. The smallest absolute Gasteiger partial charge is 0.333 e. The molecule has 3 aliphatic rings. The van der Waals surface area contributed by atoms with Crippen LogP contribution in [0.25, 0.3) is 11.8 Å². The number of aliphatic carboxylic acids is 1. The number of esters is 1. The molecule has 0 bridgehead atoms. The van der Waals surface area contributed by atoms with E-state index in [1.807, 2.05) is 0 Å². The van der Waals surface area contributed by atoms with Gasteiger partial charge in [-0.05, 0) is 17.7 Å². The van der Waals surface area contributed by atoms with E-state index in [0.717, 1.165) is 0 Å². The molecule has 12 heteroatoms. The van der Waals surface area contributed by atoms with Gasteiger partial charge in [-0.1, -0.05) is 23.6 Å². The molecule has 3 heterocycles. The minimum atomic E-state index is -1.70. The molecule has 2 aliphatic heterocycles. The van der Waals surface area contributed by atoms with E-state index in [4.69, 9.17) is 18.9 Å². The van der Waals surface area contributed by atoms with Gasteiger partial charge in [0.2, 0.25) is 0 Å². The molecule has 1 aliphatic carbocycles. The zero-order chi connectivity index (χ0) is 27.6. The monoisotopic (exact) mass is 534 g/mol. The standard InChI is InChI=1S/C26H32NO11/c1-3-14-16(10-20(30)31)15(24(34)35-2)4-5-17(14)36-25-22(32)23(33)26(19(12-29)37-25)11-13-6-8-27-21(13)18(38-26)7-9-28/h3-4,6,8,11,14,16-17,19,22-23,25,28-29,32-33H,1,5,7,9-10,12H2,2H3,(H,30,31)/q-1. The number of rotatable bonds is 9. The molecule has 4 rings (SSSR count). The predicted octanol–water partition coefficient (Wildman–Crippen LogP) is -2.10. The van der Waals surface area contributed by atoms with Gasteiger partial charge in [0.05, 0.1) is 38.6 Å². The van der Waals surface area contributed by atoms with Crippen molar-refractivity contribution in [3.63, 3.8) is 0 Å². The highest BCUT2D eigenvalue weighted by Gasteiger charge is 2.58. The number of aromatic nitrogens is 1. The Balaban J connectivity index is 1.62. The van der Waals surface area contributed by atoms with Crippen LogP contribution < -0.4 is 15.6 Å². The fourth-order valence-corrected chi connectivity index (χ4v) is 5.50. The highest BCUT2D eigenvalue weighted by atomic mass is 16.7. The van der Waals surface area contributed by atoms with Gasteiger partial charge in [-0.25, -0.2) is 4.79 Å². The highest BCUT2D eigenvalue weighted by Crippen LogP contribution is 2.41. The Morgan fingerprint density at radius 2 is 2.08 bits per heavy atom. The first-order chi connectivity index (χ1) is 18.2. The molecule has 1 saturated heterocycles. The molecule has 208 valence electrons. The number of fused-ring (bicyclic) bond motifs is 1. The molecule has 8 atom stereocenters. The summed E-state index contributed by atoms with van der Waals surface area (Å²) in [6.07, 6.45) is -0.763. The van der Waals surface area contributed by atoms with Crippen LogP contribution in [0.4, 0.5) is 0 Å². The molecule has 1 aromatic rings. The first kappa shape index (κ1) is 28.0. The van der Waals surface area contributed by atoms with E-state index in [-0.39, 0.29) is 30.8 Å². The number of carbonyl (C=O) groups is 2. The van der Waals surface area contributed by atoms with E-state index in [1.54, 1.807) is 6.07 Å². The number of ether oxygens (including phenoxy) is 4. The Kier molecular flexibility index (Phi) is 8.40. The summed E-state index contributed by atoms with van der Waals surface area (Å²) in [4.78, 5) is 28.1. The third-order valence-electron chi connectivity index (χ3n) is 7.31. The molecule has 1 spiro atoms. The van der Waals surface area contributed by atoms with Crippen molar-refractivity contribution in [1.82, 2.24) is 4.98 Å². The third-order valence-corrected chi connectivity index (χ3v) is 7.31. The van der Waals surface area contributed by atoms with Crippen LogP contribution in [0, 0.1) is 11.8 Å².